The van der Waals surface area contributed by atoms with E-state index in [1.165, 1.54) is 0 Å². The lowest BCUT2D eigenvalue weighted by Crippen LogP contribution is -2.67. The Morgan fingerprint density at radius 1 is 0.765 bits per heavy atom. The van der Waals surface area contributed by atoms with Crippen molar-refractivity contribution in [1.29, 1.82) is 0 Å². The fourth-order valence-electron chi connectivity index (χ4n) is 8.77. The molecule has 3 N–H and O–H groups in total. The predicted molar refractivity (Wildman–Crippen MR) is 55.5 cm³/mol. The van der Waals surface area contributed by atoms with E-state index in [2.05, 4.69) is 0 Å². The first kappa shape index (κ1) is 8.13. The largest absolute Gasteiger partial charge is 0.389 e. The van der Waals surface area contributed by atoms with Gasteiger partial charge in [0.1, 0.15) is 11.2 Å². The van der Waals surface area contributed by atoms with Crippen LogP contribution < -0.4 is 0 Å². The average molecular weight is 232 g/mol. The molecule has 9 aliphatic carbocycles. The van der Waals surface area contributed by atoms with Crippen LogP contribution in [0.15, 0.2) is 0 Å². The minimum Gasteiger partial charge on any atom is -0.389 e. The number of hydrogen-bond donors (Lipinski definition) is 3. The molecule has 0 unspecified atom stereocenters. The number of rotatable bonds is 0. The van der Waals surface area contributed by atoms with E-state index in [0.717, 1.165) is 12.8 Å². The maximum atomic E-state index is 11.2. The maximum Gasteiger partial charge on any atom is 0.103 e. The monoisotopic (exact) mass is 232 g/mol. The van der Waals surface area contributed by atoms with Gasteiger partial charge in [-0.25, -0.2) is 0 Å². The van der Waals surface area contributed by atoms with Crippen LogP contribution in [0.1, 0.15) is 12.8 Å². The zero-order valence-corrected chi connectivity index (χ0v) is 9.45. The molecular weight excluding hydrogens is 216 g/mol. The van der Waals surface area contributed by atoms with Crippen LogP contribution in [-0.2, 0) is 0 Å². The van der Waals surface area contributed by atoms with Gasteiger partial charge in [0.05, 0.1) is 5.60 Å². The molecule has 9 saturated carbocycles. The number of aliphatic hydroxyl groups is 3. The van der Waals surface area contributed by atoms with Crippen molar-refractivity contribution >= 4 is 0 Å². The molecule has 0 radical (unpaired) electrons. The van der Waals surface area contributed by atoms with Gasteiger partial charge in [0, 0.05) is 5.92 Å². The first-order valence-corrected chi connectivity index (χ1v) is 7.24. The molecule has 3 heteroatoms. The summed E-state index contributed by atoms with van der Waals surface area (Å²) in [6.07, 6.45) is 2.07. The van der Waals surface area contributed by atoms with Gasteiger partial charge in [-0.1, -0.05) is 0 Å². The molecule has 0 spiro atoms. The molecule has 12 bridgehead atoms. The fraction of sp³-hybridized carbons (Fsp3) is 1.00. The molecule has 0 aromatic carbocycles. The summed E-state index contributed by atoms with van der Waals surface area (Å²) in [6.45, 7) is 0. The lowest BCUT2D eigenvalue weighted by molar-refractivity contribution is -0.246. The molecule has 17 heavy (non-hydrogen) atoms. The van der Waals surface area contributed by atoms with Gasteiger partial charge in [-0.05, 0) is 60.2 Å². The van der Waals surface area contributed by atoms with Crippen molar-refractivity contribution in [1.82, 2.24) is 0 Å². The van der Waals surface area contributed by atoms with Crippen LogP contribution in [-0.4, -0.2) is 32.1 Å². The van der Waals surface area contributed by atoms with E-state index in [1.54, 1.807) is 0 Å². The summed E-state index contributed by atoms with van der Waals surface area (Å²) in [4.78, 5) is 0. The van der Waals surface area contributed by atoms with Crippen molar-refractivity contribution in [3.63, 3.8) is 0 Å². The van der Waals surface area contributed by atoms with E-state index in [0.29, 0.717) is 35.5 Å². The molecule has 9 fully saturated rings. The second kappa shape index (κ2) is 1.60. The second-order valence-electron chi connectivity index (χ2n) is 8.18. The second-order valence-corrected chi connectivity index (χ2v) is 8.18. The van der Waals surface area contributed by atoms with Crippen molar-refractivity contribution < 1.29 is 15.3 Å². The normalized spacial score (nSPS) is 94.4. The van der Waals surface area contributed by atoms with Gasteiger partial charge in [-0.3, -0.25) is 0 Å². The molecule has 0 amide bonds. The molecular formula is C14H16O3. The standard InChI is InChI=1S/C14H16O3/c15-12-6-2-4-9(12)10(4)14(6,17)13(16)5-1-3-7(8(3)13)11(5)12/h3-11,15-17H,1-2H2/t3-,4-,5-,6+,7-,8+,9+,10+,11-,12-,13-,14+/m1/s1. The Kier molecular flexibility index (Phi) is 0.765. The van der Waals surface area contributed by atoms with Gasteiger partial charge in [-0.15, -0.1) is 0 Å². The highest BCUT2D eigenvalue weighted by atomic mass is 16.4. The van der Waals surface area contributed by atoms with Crippen molar-refractivity contribution in [3.05, 3.63) is 0 Å². The Morgan fingerprint density at radius 2 is 1.59 bits per heavy atom. The lowest BCUT2D eigenvalue weighted by Gasteiger charge is -2.53. The van der Waals surface area contributed by atoms with Crippen LogP contribution in [0.3, 0.4) is 0 Å². The molecule has 0 aromatic rings. The van der Waals surface area contributed by atoms with Crippen molar-refractivity contribution in [2.45, 2.75) is 29.6 Å². The van der Waals surface area contributed by atoms with Crippen molar-refractivity contribution in [2.24, 2.45) is 53.3 Å². The molecule has 9 aliphatic rings. The van der Waals surface area contributed by atoms with E-state index >= 15 is 0 Å². The van der Waals surface area contributed by atoms with Crippen LogP contribution in [0, 0.1) is 53.3 Å². The predicted octanol–water partition coefficient (Wildman–Crippen LogP) is -0.399. The van der Waals surface area contributed by atoms with Crippen LogP contribution in [0.25, 0.3) is 0 Å². The van der Waals surface area contributed by atoms with E-state index in [-0.39, 0.29) is 17.8 Å². The summed E-state index contributed by atoms with van der Waals surface area (Å²) in [5, 5.41) is 33.7. The Hall–Kier alpha value is -0.120. The van der Waals surface area contributed by atoms with Gasteiger partial charge in [0.15, 0.2) is 0 Å². The minimum absolute atomic E-state index is 0.00722. The third-order valence-corrected chi connectivity index (χ3v) is 8.66. The third-order valence-electron chi connectivity index (χ3n) is 8.66. The molecule has 0 saturated heterocycles. The van der Waals surface area contributed by atoms with Crippen LogP contribution in [0.2, 0.25) is 0 Å². The van der Waals surface area contributed by atoms with Crippen molar-refractivity contribution in [3.8, 4) is 0 Å². The van der Waals surface area contributed by atoms with Gasteiger partial charge < -0.3 is 15.3 Å². The fourth-order valence-corrected chi connectivity index (χ4v) is 8.77. The summed E-state index contributed by atoms with van der Waals surface area (Å²) < 4.78 is 0. The molecule has 90 valence electrons. The molecule has 0 heterocycles. The molecule has 9 rings (SSSR count). The first-order valence-electron chi connectivity index (χ1n) is 7.24. The zero-order chi connectivity index (χ0) is 11.1. The van der Waals surface area contributed by atoms with E-state index in [9.17, 15) is 15.3 Å². The highest BCUT2D eigenvalue weighted by molar-refractivity contribution is 5.50. The van der Waals surface area contributed by atoms with Gasteiger partial charge in [-0.2, -0.15) is 0 Å². The summed E-state index contributed by atoms with van der Waals surface area (Å²) in [7, 11) is 0. The summed E-state index contributed by atoms with van der Waals surface area (Å²) in [6, 6.07) is 0. The highest BCUT2D eigenvalue weighted by Gasteiger charge is 3.02. The SMILES string of the molecule is O[C@@]12[C@H]3[C@H]4C[C@@H]1[C@](O)([C@@H]43)[C@]1(O)[C@H]3[C@@H]4C[C@@H]1[C@@H]2[C@H]43. The van der Waals surface area contributed by atoms with E-state index in [1.807, 2.05) is 0 Å². The van der Waals surface area contributed by atoms with E-state index < -0.39 is 16.8 Å². The van der Waals surface area contributed by atoms with Crippen LogP contribution >= 0.6 is 0 Å². The quantitative estimate of drug-likeness (QED) is 0.532. The molecule has 0 aliphatic heterocycles. The summed E-state index contributed by atoms with van der Waals surface area (Å²) in [5.74, 6) is 3.26. The topological polar surface area (TPSA) is 60.7 Å². The number of hydrogen-bond acceptors (Lipinski definition) is 3. The summed E-state index contributed by atoms with van der Waals surface area (Å²) in [5.41, 5.74) is -2.27. The average Bonchev–Trinajstić information content (AvgIpc) is 2.87. The summed E-state index contributed by atoms with van der Waals surface area (Å²) >= 11 is 0. The Balaban J connectivity index is 1.66. The van der Waals surface area contributed by atoms with Crippen LogP contribution in [0.5, 0.6) is 0 Å². The molecule has 0 aromatic heterocycles. The maximum absolute atomic E-state index is 11.2. The van der Waals surface area contributed by atoms with Crippen LogP contribution in [0.4, 0.5) is 0 Å². The lowest BCUT2D eigenvalue weighted by atomic mass is 9.59. The van der Waals surface area contributed by atoms with E-state index in [4.69, 9.17) is 0 Å². The van der Waals surface area contributed by atoms with Crippen molar-refractivity contribution in [2.75, 3.05) is 0 Å². The first-order chi connectivity index (χ1) is 8.07. The molecule has 12 atom stereocenters. The van der Waals surface area contributed by atoms with Gasteiger partial charge >= 0.3 is 0 Å². The Morgan fingerprint density at radius 3 is 2.29 bits per heavy atom. The third kappa shape index (κ3) is 0.405. The van der Waals surface area contributed by atoms with Gasteiger partial charge in [0.25, 0.3) is 0 Å². The highest BCUT2D eigenvalue weighted by Crippen LogP contribution is 2.95. The Bertz CT molecular complexity index is 534. The minimum atomic E-state index is -0.900. The zero-order valence-electron chi connectivity index (χ0n) is 9.45. The smallest absolute Gasteiger partial charge is 0.103 e. The Labute approximate surface area is 98.8 Å². The van der Waals surface area contributed by atoms with Gasteiger partial charge in [0.2, 0.25) is 0 Å². The molecule has 3 nitrogen and oxygen atoms in total.